The highest BCUT2D eigenvalue weighted by Crippen LogP contribution is 2.34. The van der Waals surface area contributed by atoms with Gasteiger partial charge in [0, 0.05) is 24.2 Å². The van der Waals surface area contributed by atoms with Crippen LogP contribution >= 0.6 is 0 Å². The van der Waals surface area contributed by atoms with Crippen LogP contribution in [0.3, 0.4) is 0 Å². The second-order valence-corrected chi connectivity index (χ2v) is 6.20. The predicted molar refractivity (Wildman–Crippen MR) is 99.1 cm³/mol. The monoisotopic (exact) mass is 361 g/mol. The zero-order chi connectivity index (χ0) is 18.5. The average molecular weight is 361 g/mol. The fourth-order valence-electron chi connectivity index (χ4n) is 3.08. The van der Waals surface area contributed by atoms with Crippen LogP contribution in [0.15, 0.2) is 73.2 Å². The molecule has 136 valence electrons. The molecule has 1 saturated heterocycles. The van der Waals surface area contributed by atoms with Gasteiger partial charge in [-0.15, -0.1) is 0 Å². The minimum Gasteiger partial charge on any atom is -0.457 e. The van der Waals surface area contributed by atoms with E-state index in [9.17, 15) is 4.79 Å². The number of nitrogens with zero attached hydrogens (tertiary/aromatic N) is 3. The summed E-state index contributed by atoms with van der Waals surface area (Å²) >= 11 is 0. The first kappa shape index (κ1) is 17.2. The first-order valence-corrected chi connectivity index (χ1v) is 8.75. The summed E-state index contributed by atoms with van der Waals surface area (Å²) < 4.78 is 11.6. The molecular formula is C21H19N3O3. The summed E-state index contributed by atoms with van der Waals surface area (Å²) in [7, 11) is 0. The largest absolute Gasteiger partial charge is 0.457 e. The van der Waals surface area contributed by atoms with Crippen LogP contribution in [0.4, 0.5) is 0 Å². The Hall–Kier alpha value is -3.25. The zero-order valence-electron chi connectivity index (χ0n) is 14.7. The lowest BCUT2D eigenvalue weighted by Gasteiger charge is -2.36. The Morgan fingerprint density at radius 2 is 1.93 bits per heavy atom. The van der Waals surface area contributed by atoms with Crippen molar-refractivity contribution in [1.29, 1.82) is 0 Å². The Labute approximate surface area is 157 Å². The second-order valence-electron chi connectivity index (χ2n) is 6.20. The molecule has 27 heavy (non-hydrogen) atoms. The number of morpholine rings is 1. The standard InChI is InChI=1S/C21H19N3O3/c25-21-15-26-14-19(24(21)13-16-6-4-5-10-23-16)18-12-22-11-9-20(18)27-17-7-2-1-3-8-17/h1-12,19H,13-15H2. The highest BCUT2D eigenvalue weighted by molar-refractivity contribution is 5.78. The molecule has 2 aromatic heterocycles. The van der Waals surface area contributed by atoms with E-state index in [1.54, 1.807) is 29.6 Å². The Kier molecular flexibility index (Phi) is 5.07. The number of amides is 1. The summed E-state index contributed by atoms with van der Waals surface area (Å²) in [6, 6.07) is 16.7. The van der Waals surface area contributed by atoms with E-state index >= 15 is 0 Å². The van der Waals surface area contributed by atoms with Crippen molar-refractivity contribution in [2.75, 3.05) is 13.2 Å². The third-order valence-electron chi connectivity index (χ3n) is 4.40. The summed E-state index contributed by atoms with van der Waals surface area (Å²) in [5, 5.41) is 0. The van der Waals surface area contributed by atoms with Gasteiger partial charge < -0.3 is 14.4 Å². The van der Waals surface area contributed by atoms with Gasteiger partial charge in [-0.05, 0) is 30.3 Å². The highest BCUT2D eigenvalue weighted by atomic mass is 16.5. The minimum absolute atomic E-state index is 0.0679. The van der Waals surface area contributed by atoms with Gasteiger partial charge in [-0.3, -0.25) is 14.8 Å². The first-order valence-electron chi connectivity index (χ1n) is 8.75. The molecule has 1 aromatic carbocycles. The summed E-state index contributed by atoms with van der Waals surface area (Å²) in [6.45, 7) is 0.862. The molecule has 6 nitrogen and oxygen atoms in total. The lowest BCUT2D eigenvalue weighted by Crippen LogP contribution is -2.43. The molecule has 1 fully saturated rings. The van der Waals surface area contributed by atoms with E-state index in [0.717, 1.165) is 17.0 Å². The summed E-state index contributed by atoms with van der Waals surface area (Å²) in [5.74, 6) is 1.31. The normalized spacial score (nSPS) is 17.0. The Morgan fingerprint density at radius 1 is 1.07 bits per heavy atom. The van der Waals surface area contributed by atoms with E-state index in [1.807, 2.05) is 48.5 Å². The Bertz CT molecular complexity index is 903. The fourth-order valence-corrected chi connectivity index (χ4v) is 3.08. The summed E-state index contributed by atoms with van der Waals surface area (Å²) in [6.07, 6.45) is 5.13. The van der Waals surface area contributed by atoms with E-state index in [0.29, 0.717) is 18.9 Å². The molecule has 1 aliphatic rings. The van der Waals surface area contributed by atoms with Gasteiger partial charge in [-0.2, -0.15) is 0 Å². The van der Waals surface area contributed by atoms with Crippen molar-refractivity contribution in [1.82, 2.24) is 14.9 Å². The van der Waals surface area contributed by atoms with Crippen molar-refractivity contribution < 1.29 is 14.3 Å². The van der Waals surface area contributed by atoms with Crippen molar-refractivity contribution in [3.05, 3.63) is 84.4 Å². The maximum Gasteiger partial charge on any atom is 0.249 e. The number of ether oxygens (including phenoxy) is 2. The molecule has 6 heteroatoms. The van der Waals surface area contributed by atoms with Gasteiger partial charge in [0.2, 0.25) is 5.91 Å². The third kappa shape index (κ3) is 3.96. The third-order valence-corrected chi connectivity index (χ3v) is 4.40. The van der Waals surface area contributed by atoms with Gasteiger partial charge in [0.05, 0.1) is 24.9 Å². The van der Waals surface area contributed by atoms with Crippen LogP contribution in [-0.2, 0) is 16.1 Å². The smallest absolute Gasteiger partial charge is 0.249 e. The van der Waals surface area contributed by atoms with Crippen molar-refractivity contribution in [2.45, 2.75) is 12.6 Å². The van der Waals surface area contributed by atoms with Gasteiger partial charge in [-0.1, -0.05) is 24.3 Å². The van der Waals surface area contributed by atoms with Crippen molar-refractivity contribution >= 4 is 5.91 Å². The molecule has 0 aliphatic carbocycles. The highest BCUT2D eigenvalue weighted by Gasteiger charge is 2.32. The van der Waals surface area contributed by atoms with Crippen LogP contribution in [0.5, 0.6) is 11.5 Å². The number of hydrogen-bond donors (Lipinski definition) is 0. The van der Waals surface area contributed by atoms with Gasteiger partial charge in [0.15, 0.2) is 0 Å². The predicted octanol–water partition coefficient (Wildman–Crippen LogP) is 3.37. The van der Waals surface area contributed by atoms with Crippen LogP contribution < -0.4 is 4.74 Å². The molecule has 1 amide bonds. The second kappa shape index (κ2) is 7.97. The Morgan fingerprint density at radius 3 is 2.74 bits per heavy atom. The molecule has 3 aromatic rings. The molecule has 4 rings (SSSR count). The first-order chi connectivity index (χ1) is 13.3. The number of para-hydroxylation sites is 1. The van der Waals surface area contributed by atoms with Crippen LogP contribution in [0.25, 0.3) is 0 Å². The van der Waals surface area contributed by atoms with Gasteiger partial charge in [0.1, 0.15) is 18.1 Å². The molecule has 1 unspecified atom stereocenters. The van der Waals surface area contributed by atoms with Crippen molar-refractivity contribution in [3.63, 3.8) is 0 Å². The van der Waals surface area contributed by atoms with Crippen LogP contribution in [0.1, 0.15) is 17.3 Å². The molecular weight excluding hydrogens is 342 g/mol. The average Bonchev–Trinajstić information content (AvgIpc) is 2.72. The molecule has 3 heterocycles. The number of pyridine rings is 2. The van der Waals surface area contributed by atoms with Crippen LogP contribution in [-0.4, -0.2) is 34.0 Å². The van der Waals surface area contributed by atoms with Gasteiger partial charge >= 0.3 is 0 Å². The maximum atomic E-state index is 12.6. The number of aromatic nitrogens is 2. The van der Waals surface area contributed by atoms with E-state index in [4.69, 9.17) is 9.47 Å². The van der Waals surface area contributed by atoms with Gasteiger partial charge in [-0.25, -0.2) is 0 Å². The summed E-state index contributed by atoms with van der Waals surface area (Å²) in [5.41, 5.74) is 1.64. The zero-order valence-corrected chi connectivity index (χ0v) is 14.7. The SMILES string of the molecule is O=C1COCC(c2cnccc2Oc2ccccc2)N1Cc1ccccn1. The van der Waals surface area contributed by atoms with Crippen molar-refractivity contribution in [3.8, 4) is 11.5 Å². The minimum atomic E-state index is -0.291. The van der Waals surface area contributed by atoms with E-state index < -0.39 is 0 Å². The Balaban J connectivity index is 1.65. The lowest BCUT2D eigenvalue weighted by molar-refractivity contribution is -0.149. The molecule has 0 spiro atoms. The molecule has 1 aliphatic heterocycles. The van der Waals surface area contributed by atoms with Crippen LogP contribution in [0, 0.1) is 0 Å². The topological polar surface area (TPSA) is 64.6 Å². The van der Waals surface area contributed by atoms with Crippen LogP contribution in [0.2, 0.25) is 0 Å². The molecule has 0 radical (unpaired) electrons. The van der Waals surface area contributed by atoms with E-state index in [2.05, 4.69) is 9.97 Å². The summed E-state index contributed by atoms with van der Waals surface area (Å²) in [4.78, 5) is 22.9. The molecule has 0 saturated carbocycles. The van der Waals surface area contributed by atoms with Crippen molar-refractivity contribution in [2.24, 2.45) is 0 Å². The maximum absolute atomic E-state index is 12.6. The van der Waals surface area contributed by atoms with Gasteiger partial charge in [0.25, 0.3) is 0 Å². The molecule has 1 atom stereocenters. The fraction of sp³-hybridized carbons (Fsp3) is 0.190. The number of carbonyl (C=O) groups excluding carboxylic acids is 1. The lowest BCUT2D eigenvalue weighted by atomic mass is 10.1. The number of hydrogen-bond acceptors (Lipinski definition) is 5. The number of rotatable bonds is 5. The van der Waals surface area contributed by atoms with E-state index in [1.165, 1.54) is 0 Å². The number of carbonyl (C=O) groups is 1. The number of benzene rings is 1. The van der Waals surface area contributed by atoms with E-state index in [-0.39, 0.29) is 18.6 Å². The quantitative estimate of drug-likeness (QED) is 0.697. The molecule has 0 N–H and O–H groups in total. The molecule has 0 bridgehead atoms.